The number of unbranched alkanes of at least 4 members (excludes halogenated alkanes) is 1. The highest BCUT2D eigenvalue weighted by Gasteiger charge is 2.19. The molecule has 0 N–H and O–H groups in total. The van der Waals surface area contributed by atoms with Crippen LogP contribution in [-0.4, -0.2) is 31.2 Å². The summed E-state index contributed by atoms with van der Waals surface area (Å²) in [6, 6.07) is 3.95. The number of tetrazole rings is 1. The van der Waals surface area contributed by atoms with Crippen LogP contribution in [-0.2, 0) is 17.9 Å². The number of thiazole rings is 1. The summed E-state index contributed by atoms with van der Waals surface area (Å²) in [4.78, 5) is 18.4. The number of thiophene rings is 1. The summed E-state index contributed by atoms with van der Waals surface area (Å²) >= 11 is 2.94. The molecule has 3 heterocycles. The summed E-state index contributed by atoms with van der Waals surface area (Å²) in [5.41, 5.74) is 0.680. The van der Waals surface area contributed by atoms with Crippen LogP contribution in [0.15, 0.2) is 17.5 Å². The number of carbonyl (C=O) groups is 1. The van der Waals surface area contributed by atoms with E-state index in [1.807, 2.05) is 24.4 Å². The number of hydrogen-bond donors (Lipinski definition) is 0. The molecule has 0 spiro atoms. The Morgan fingerprint density at radius 3 is 3.04 bits per heavy atom. The average molecular weight is 363 g/mol. The van der Waals surface area contributed by atoms with E-state index >= 15 is 0 Å². The Bertz CT molecular complexity index is 810. The van der Waals surface area contributed by atoms with Gasteiger partial charge in [0.15, 0.2) is 12.4 Å². The van der Waals surface area contributed by atoms with Crippen molar-refractivity contribution in [1.82, 2.24) is 25.2 Å². The van der Waals surface area contributed by atoms with Gasteiger partial charge in [0.25, 0.3) is 0 Å². The first-order chi connectivity index (χ1) is 11.7. The molecular weight excluding hydrogens is 346 g/mol. The number of ether oxygens (including phenoxy) is 1. The van der Waals surface area contributed by atoms with Crippen LogP contribution in [0.1, 0.15) is 41.0 Å². The minimum absolute atomic E-state index is 0.0568. The van der Waals surface area contributed by atoms with Crippen molar-refractivity contribution in [3.8, 4) is 9.88 Å². The molecule has 24 heavy (non-hydrogen) atoms. The Morgan fingerprint density at radius 2 is 2.29 bits per heavy atom. The third kappa shape index (κ3) is 3.68. The van der Waals surface area contributed by atoms with Gasteiger partial charge < -0.3 is 4.74 Å². The standard InChI is InChI=1S/C15H17N5O2S2/c1-3-4-7-20-12(17-18-19-20)9-22-15(21)13-10(2)16-14(24-13)11-6-5-8-23-11/h5-6,8H,3-4,7,9H2,1-2H3. The minimum atomic E-state index is -0.391. The van der Waals surface area contributed by atoms with Gasteiger partial charge in [-0.2, -0.15) is 0 Å². The number of esters is 1. The molecule has 3 aromatic rings. The van der Waals surface area contributed by atoms with Crippen molar-refractivity contribution in [3.63, 3.8) is 0 Å². The minimum Gasteiger partial charge on any atom is -0.453 e. The van der Waals surface area contributed by atoms with Crippen LogP contribution >= 0.6 is 22.7 Å². The Morgan fingerprint density at radius 1 is 1.42 bits per heavy atom. The number of aromatic nitrogens is 5. The zero-order valence-corrected chi connectivity index (χ0v) is 15.1. The van der Waals surface area contributed by atoms with Gasteiger partial charge in [0.2, 0.25) is 0 Å². The topological polar surface area (TPSA) is 82.8 Å². The van der Waals surface area contributed by atoms with E-state index in [0.717, 1.165) is 29.3 Å². The predicted molar refractivity (Wildman–Crippen MR) is 92.0 cm³/mol. The first-order valence-corrected chi connectivity index (χ1v) is 9.32. The second-order valence-electron chi connectivity index (χ2n) is 5.16. The van der Waals surface area contributed by atoms with Crippen molar-refractivity contribution in [3.05, 3.63) is 33.9 Å². The molecule has 126 valence electrons. The van der Waals surface area contributed by atoms with Crippen molar-refractivity contribution >= 4 is 28.6 Å². The summed E-state index contributed by atoms with van der Waals surface area (Å²) in [7, 11) is 0. The molecule has 0 radical (unpaired) electrons. The molecule has 0 aliphatic rings. The molecule has 0 fully saturated rings. The van der Waals surface area contributed by atoms with Gasteiger partial charge in [-0.3, -0.25) is 0 Å². The number of aryl methyl sites for hydroxylation is 2. The third-order valence-electron chi connectivity index (χ3n) is 3.38. The molecule has 3 aromatic heterocycles. The molecular formula is C15H17N5O2S2. The Balaban J connectivity index is 1.67. The van der Waals surface area contributed by atoms with Gasteiger partial charge in [-0.05, 0) is 35.2 Å². The van der Waals surface area contributed by atoms with Crippen LogP contribution in [0.5, 0.6) is 0 Å². The molecule has 7 nitrogen and oxygen atoms in total. The monoisotopic (exact) mass is 363 g/mol. The van der Waals surface area contributed by atoms with E-state index in [0.29, 0.717) is 16.4 Å². The highest BCUT2D eigenvalue weighted by atomic mass is 32.1. The molecule has 9 heteroatoms. The lowest BCUT2D eigenvalue weighted by Crippen LogP contribution is -2.11. The first-order valence-electron chi connectivity index (χ1n) is 7.62. The van der Waals surface area contributed by atoms with E-state index in [4.69, 9.17) is 4.74 Å². The quantitative estimate of drug-likeness (QED) is 0.599. The maximum absolute atomic E-state index is 12.3. The first kappa shape index (κ1) is 16.7. The van der Waals surface area contributed by atoms with Crippen LogP contribution < -0.4 is 0 Å². The smallest absolute Gasteiger partial charge is 0.350 e. The molecule has 0 atom stereocenters. The summed E-state index contributed by atoms with van der Waals surface area (Å²) in [5, 5.41) is 14.3. The van der Waals surface area contributed by atoms with E-state index in [1.165, 1.54) is 11.3 Å². The molecule has 0 amide bonds. The van der Waals surface area contributed by atoms with Gasteiger partial charge >= 0.3 is 5.97 Å². The molecule has 0 saturated carbocycles. The number of nitrogens with zero attached hydrogens (tertiary/aromatic N) is 5. The van der Waals surface area contributed by atoms with Gasteiger partial charge in [-0.15, -0.1) is 27.8 Å². The van der Waals surface area contributed by atoms with E-state index in [-0.39, 0.29) is 6.61 Å². The average Bonchev–Trinajstić information content (AvgIpc) is 3.30. The Labute approximate surface area is 147 Å². The summed E-state index contributed by atoms with van der Waals surface area (Å²) in [6.07, 6.45) is 2.02. The lowest BCUT2D eigenvalue weighted by atomic mass is 10.3. The summed E-state index contributed by atoms with van der Waals surface area (Å²) in [6.45, 7) is 4.69. The highest BCUT2D eigenvalue weighted by molar-refractivity contribution is 7.22. The van der Waals surface area contributed by atoms with Crippen molar-refractivity contribution in [1.29, 1.82) is 0 Å². The van der Waals surface area contributed by atoms with Gasteiger partial charge in [0, 0.05) is 6.54 Å². The molecule has 0 aromatic carbocycles. The predicted octanol–water partition coefficient (Wildman–Crippen LogP) is 3.32. The molecule has 0 saturated heterocycles. The zero-order valence-electron chi connectivity index (χ0n) is 13.4. The second kappa shape index (κ2) is 7.63. The van der Waals surface area contributed by atoms with Crippen LogP contribution in [0.2, 0.25) is 0 Å². The van der Waals surface area contributed by atoms with Gasteiger partial charge in [0.1, 0.15) is 9.88 Å². The zero-order chi connectivity index (χ0) is 16.9. The van der Waals surface area contributed by atoms with Crippen LogP contribution in [0.25, 0.3) is 9.88 Å². The highest BCUT2D eigenvalue weighted by Crippen LogP contribution is 2.31. The normalized spacial score (nSPS) is 10.9. The van der Waals surface area contributed by atoms with Crippen molar-refractivity contribution in [2.24, 2.45) is 0 Å². The molecule has 3 rings (SSSR count). The van der Waals surface area contributed by atoms with E-state index in [2.05, 4.69) is 27.4 Å². The summed E-state index contributed by atoms with van der Waals surface area (Å²) < 4.78 is 7.05. The van der Waals surface area contributed by atoms with Crippen molar-refractivity contribution in [2.45, 2.75) is 39.8 Å². The lowest BCUT2D eigenvalue weighted by molar-refractivity contribution is 0.0461. The molecule has 0 aliphatic carbocycles. The molecule has 0 aliphatic heterocycles. The van der Waals surface area contributed by atoms with Crippen LogP contribution in [0.3, 0.4) is 0 Å². The fourth-order valence-corrected chi connectivity index (χ4v) is 3.85. The van der Waals surface area contributed by atoms with Gasteiger partial charge in [0.05, 0.1) is 10.6 Å². The lowest BCUT2D eigenvalue weighted by Gasteiger charge is -2.04. The third-order valence-corrected chi connectivity index (χ3v) is 5.55. The molecule has 0 unspecified atom stereocenters. The van der Waals surface area contributed by atoms with Crippen LogP contribution in [0.4, 0.5) is 0 Å². The number of carbonyl (C=O) groups excluding carboxylic acids is 1. The van der Waals surface area contributed by atoms with E-state index in [9.17, 15) is 4.79 Å². The number of rotatable bonds is 7. The summed E-state index contributed by atoms with van der Waals surface area (Å²) in [5.74, 6) is 0.162. The number of hydrogen-bond acceptors (Lipinski definition) is 8. The molecule has 0 bridgehead atoms. The van der Waals surface area contributed by atoms with Crippen molar-refractivity contribution in [2.75, 3.05) is 0 Å². The van der Waals surface area contributed by atoms with Gasteiger partial charge in [-0.25, -0.2) is 14.5 Å². The van der Waals surface area contributed by atoms with Gasteiger partial charge in [-0.1, -0.05) is 19.4 Å². The second-order valence-corrected chi connectivity index (χ2v) is 7.11. The SMILES string of the molecule is CCCCn1nnnc1COC(=O)c1sc(-c2cccs2)nc1C. The van der Waals surface area contributed by atoms with Crippen molar-refractivity contribution < 1.29 is 9.53 Å². The van der Waals surface area contributed by atoms with Crippen LogP contribution in [0, 0.1) is 6.92 Å². The van der Waals surface area contributed by atoms with E-state index < -0.39 is 5.97 Å². The largest absolute Gasteiger partial charge is 0.453 e. The maximum atomic E-state index is 12.3. The fourth-order valence-electron chi connectivity index (χ4n) is 2.10. The Kier molecular flexibility index (Phi) is 5.31. The fraction of sp³-hybridized carbons (Fsp3) is 0.400. The maximum Gasteiger partial charge on any atom is 0.350 e. The Hall–Kier alpha value is -2.13. The van der Waals surface area contributed by atoms with E-state index in [1.54, 1.807) is 16.0 Å².